The first-order valence-corrected chi connectivity index (χ1v) is 2.51. The standard InChI is InChI=1S/3CHNS.Ir/c3*2-1-3;/h3*3H;/q;;;+3/p-3. The zero-order valence-corrected chi connectivity index (χ0v) is 9.24. The van der Waals surface area contributed by atoms with Gasteiger partial charge in [0.25, 0.3) is 0 Å². The number of nitrogens with zero attached hydrogens (tertiary/aromatic N) is 3. The first kappa shape index (κ1) is 22.6. The molecule has 0 aliphatic heterocycles. The van der Waals surface area contributed by atoms with E-state index in [1.807, 2.05) is 0 Å². The Bertz CT molecular complexity index is 112. The molecule has 3 nitrogen and oxygen atoms in total. The van der Waals surface area contributed by atoms with Crippen molar-refractivity contribution in [2.45, 2.75) is 0 Å². The topological polar surface area (TPSA) is 71.4 Å². The zero-order valence-electron chi connectivity index (χ0n) is 4.40. The molecular weight excluding hydrogens is 366 g/mol. The van der Waals surface area contributed by atoms with Crippen molar-refractivity contribution in [2.75, 3.05) is 0 Å². The van der Waals surface area contributed by atoms with Gasteiger partial charge in [0.15, 0.2) is 0 Å². The molecule has 0 spiro atoms. The molecular formula is C3IrN3S3. The van der Waals surface area contributed by atoms with Crippen molar-refractivity contribution in [1.29, 1.82) is 15.8 Å². The minimum atomic E-state index is 0. The Morgan fingerprint density at radius 2 is 0.700 bits per heavy atom. The van der Waals surface area contributed by atoms with E-state index >= 15 is 0 Å². The Morgan fingerprint density at radius 3 is 0.700 bits per heavy atom. The van der Waals surface area contributed by atoms with E-state index in [1.54, 1.807) is 0 Å². The summed E-state index contributed by atoms with van der Waals surface area (Å²) in [7, 11) is 0. The molecule has 0 bridgehead atoms. The molecule has 0 N–H and O–H groups in total. The molecule has 0 aliphatic carbocycles. The normalized spacial score (nSPS) is 2.10. The molecule has 0 fully saturated rings. The monoisotopic (exact) mass is 367 g/mol. The number of rotatable bonds is 0. The second-order valence-corrected chi connectivity index (χ2v) is 0.822. The molecule has 7 heteroatoms. The van der Waals surface area contributed by atoms with Crippen LogP contribution in [0.4, 0.5) is 0 Å². The first-order valence-electron chi connectivity index (χ1n) is 1.28. The average Bonchev–Trinajstić information content (AvgIpc) is 1.70. The van der Waals surface area contributed by atoms with Crippen LogP contribution in [0, 0.1) is 32.0 Å². The fraction of sp³-hybridized carbons (Fsp3) is 0. The predicted octanol–water partition coefficient (Wildman–Crippen LogP) is 0.0406. The third kappa shape index (κ3) is 7340. The molecule has 0 rings (SSSR count). The molecule has 0 aliphatic rings. The fourth-order valence-electron chi connectivity index (χ4n) is 0. The van der Waals surface area contributed by atoms with E-state index in [4.69, 9.17) is 15.8 Å². The van der Waals surface area contributed by atoms with Gasteiger partial charge in [-0.1, -0.05) is 16.2 Å². The summed E-state index contributed by atoms with van der Waals surface area (Å²) in [4.78, 5) is 0. The van der Waals surface area contributed by atoms with Crippen molar-refractivity contribution in [2.24, 2.45) is 0 Å². The van der Waals surface area contributed by atoms with Crippen LogP contribution in [0.15, 0.2) is 0 Å². The molecule has 0 aromatic rings. The largest absolute Gasteiger partial charge is 3.00 e. The molecule has 0 saturated heterocycles. The van der Waals surface area contributed by atoms with Crippen LogP contribution >= 0.6 is 0 Å². The summed E-state index contributed by atoms with van der Waals surface area (Å²) in [6.07, 6.45) is 0. The van der Waals surface area contributed by atoms with Gasteiger partial charge in [-0.3, -0.25) is 0 Å². The van der Waals surface area contributed by atoms with Gasteiger partial charge in [0.05, 0.1) is 0 Å². The minimum absolute atomic E-state index is 0. The van der Waals surface area contributed by atoms with E-state index in [9.17, 15) is 0 Å². The van der Waals surface area contributed by atoms with Gasteiger partial charge in [0, 0.05) is 0 Å². The Balaban J connectivity index is -0.0000000257. The van der Waals surface area contributed by atoms with Crippen LogP contribution in [0.25, 0.3) is 0 Å². The van der Waals surface area contributed by atoms with Gasteiger partial charge in [0.2, 0.25) is 0 Å². The quantitative estimate of drug-likeness (QED) is 0.445. The van der Waals surface area contributed by atoms with E-state index < -0.39 is 0 Å². The molecule has 0 radical (unpaired) electrons. The van der Waals surface area contributed by atoms with Crippen LogP contribution in [0.2, 0.25) is 0 Å². The molecule has 0 unspecified atom stereocenters. The summed E-state index contributed by atoms with van der Waals surface area (Å²) >= 11 is 11.1. The van der Waals surface area contributed by atoms with Crippen LogP contribution in [-0.2, 0) is 58.0 Å². The third-order valence-electron chi connectivity index (χ3n) is 0. The Kier molecular flexibility index (Phi) is 155. The van der Waals surface area contributed by atoms with E-state index in [2.05, 4.69) is 37.9 Å². The molecule has 10 heavy (non-hydrogen) atoms. The van der Waals surface area contributed by atoms with Gasteiger partial charge in [-0.05, 0) is 0 Å². The summed E-state index contributed by atoms with van der Waals surface area (Å²) in [5.41, 5.74) is 0. The third-order valence-corrected chi connectivity index (χ3v) is 0. The molecule has 0 aromatic heterocycles. The van der Waals surface area contributed by atoms with Gasteiger partial charge < -0.3 is 37.9 Å². The Morgan fingerprint density at radius 1 is 0.700 bits per heavy atom. The summed E-state index contributed by atoms with van der Waals surface area (Å²) in [6.45, 7) is 0. The van der Waals surface area contributed by atoms with Crippen LogP contribution in [0.1, 0.15) is 0 Å². The SMILES string of the molecule is N#C[S-].N#C[S-].N#C[S-].[Ir+3]. The maximum Gasteiger partial charge on any atom is 3.00 e. The van der Waals surface area contributed by atoms with E-state index in [0.29, 0.717) is 0 Å². The Labute approximate surface area is 89.6 Å². The number of nitriles is 3. The maximum absolute atomic E-state index is 7.13. The number of hydrogen-bond donors (Lipinski definition) is 0. The van der Waals surface area contributed by atoms with Gasteiger partial charge >= 0.3 is 20.1 Å². The summed E-state index contributed by atoms with van der Waals surface area (Å²) in [6, 6.07) is 0. The second-order valence-electron chi connectivity index (χ2n) is 0.274. The van der Waals surface area contributed by atoms with Crippen LogP contribution in [0.3, 0.4) is 0 Å². The Hall–Kier alpha value is -0.221. The fourth-order valence-corrected chi connectivity index (χ4v) is 0. The average molecular weight is 366 g/mol. The summed E-state index contributed by atoms with van der Waals surface area (Å²) in [5.74, 6) is 0. The van der Waals surface area contributed by atoms with Crippen LogP contribution in [-0.4, -0.2) is 0 Å². The van der Waals surface area contributed by atoms with Gasteiger partial charge in [-0.25, -0.2) is 15.8 Å². The van der Waals surface area contributed by atoms with Crippen molar-refractivity contribution >= 4 is 37.9 Å². The minimum Gasteiger partial charge on any atom is -0.696 e. The molecule has 0 saturated carbocycles. The van der Waals surface area contributed by atoms with E-state index in [1.165, 1.54) is 16.2 Å². The zero-order chi connectivity index (χ0) is 8.12. The van der Waals surface area contributed by atoms with Gasteiger partial charge in [-0.2, -0.15) is 0 Å². The van der Waals surface area contributed by atoms with E-state index in [0.717, 1.165) is 0 Å². The first-order chi connectivity index (χ1) is 4.24. The van der Waals surface area contributed by atoms with Crippen molar-refractivity contribution < 1.29 is 20.1 Å². The van der Waals surface area contributed by atoms with Gasteiger partial charge in [0.1, 0.15) is 0 Å². The molecule has 54 valence electrons. The van der Waals surface area contributed by atoms with Gasteiger partial charge in [-0.15, -0.1) is 0 Å². The maximum atomic E-state index is 7.13. The number of hydrogen-bond acceptors (Lipinski definition) is 6. The van der Waals surface area contributed by atoms with Crippen molar-refractivity contribution in [3.63, 3.8) is 0 Å². The second kappa shape index (κ2) is 68.8. The molecule has 0 heterocycles. The molecule has 0 atom stereocenters. The summed E-state index contributed by atoms with van der Waals surface area (Å²) < 4.78 is 0. The van der Waals surface area contributed by atoms with E-state index in [-0.39, 0.29) is 20.1 Å². The van der Waals surface area contributed by atoms with Crippen LogP contribution in [0.5, 0.6) is 0 Å². The smallest absolute Gasteiger partial charge is 0.696 e. The van der Waals surface area contributed by atoms with Crippen molar-refractivity contribution in [3.05, 3.63) is 0 Å². The van der Waals surface area contributed by atoms with Crippen LogP contribution < -0.4 is 0 Å². The molecule has 0 aromatic carbocycles. The van der Waals surface area contributed by atoms with Crippen molar-refractivity contribution in [3.8, 4) is 16.2 Å². The van der Waals surface area contributed by atoms with Crippen molar-refractivity contribution in [1.82, 2.24) is 0 Å². The molecule has 0 amide bonds. The summed E-state index contributed by atoms with van der Waals surface area (Å²) in [5, 5.41) is 25.4. The number of thiocyanates is 3. The predicted molar refractivity (Wildman–Crippen MR) is 38.9 cm³/mol.